The molecule has 0 N–H and O–H groups in total. The van der Waals surface area contributed by atoms with Gasteiger partial charge in [0.15, 0.2) is 6.29 Å². The number of nitrogens with zero attached hydrogens (tertiary/aromatic N) is 1. The first kappa shape index (κ1) is 21.5. The Morgan fingerprint density at radius 1 is 1.15 bits per heavy atom. The number of benzene rings is 2. The number of alkyl halides is 3. The summed E-state index contributed by atoms with van der Waals surface area (Å²) in [6.07, 6.45) is -4.45. The summed E-state index contributed by atoms with van der Waals surface area (Å²) < 4.78 is 70.7. The van der Waals surface area contributed by atoms with Gasteiger partial charge in [0, 0.05) is 17.7 Å². The van der Waals surface area contributed by atoms with E-state index in [1.807, 2.05) is 0 Å². The SMILES string of the molecule is COCN(c1cc(Cl)ccc1C=O)S(=O)(=O)c1ccc(Cl)c(C(F)(F)F)c1. The lowest BCUT2D eigenvalue weighted by Crippen LogP contribution is -2.33. The Bertz CT molecular complexity index is 965. The van der Waals surface area contributed by atoms with Gasteiger partial charge in [0.1, 0.15) is 6.73 Å². The van der Waals surface area contributed by atoms with Crippen molar-refractivity contribution in [2.75, 3.05) is 18.1 Å². The van der Waals surface area contributed by atoms with Gasteiger partial charge in [-0.2, -0.15) is 13.2 Å². The molecule has 0 heterocycles. The molecule has 5 nitrogen and oxygen atoms in total. The fourth-order valence-corrected chi connectivity index (χ4v) is 4.04. The number of rotatable bonds is 6. The summed E-state index contributed by atoms with van der Waals surface area (Å²) in [6, 6.07) is 6.04. The number of halogens is 5. The van der Waals surface area contributed by atoms with Gasteiger partial charge in [-0.3, -0.25) is 4.79 Å². The van der Waals surface area contributed by atoms with E-state index in [0.29, 0.717) is 16.7 Å². The fraction of sp³-hybridized carbons (Fsp3) is 0.188. The number of aldehydes is 1. The van der Waals surface area contributed by atoms with Crippen molar-refractivity contribution in [3.63, 3.8) is 0 Å². The van der Waals surface area contributed by atoms with E-state index >= 15 is 0 Å². The highest BCUT2D eigenvalue weighted by Gasteiger charge is 2.36. The molecule has 2 aromatic rings. The molecule has 0 unspecified atom stereocenters. The smallest absolute Gasteiger partial charge is 0.363 e. The number of carbonyl (C=O) groups is 1. The Morgan fingerprint density at radius 2 is 1.81 bits per heavy atom. The van der Waals surface area contributed by atoms with Crippen LogP contribution in [0.5, 0.6) is 0 Å². The average Bonchev–Trinajstić information content (AvgIpc) is 2.58. The predicted molar refractivity (Wildman–Crippen MR) is 94.8 cm³/mol. The van der Waals surface area contributed by atoms with Gasteiger partial charge in [0.05, 0.1) is 21.2 Å². The molecule has 0 aliphatic carbocycles. The molecule has 2 rings (SSSR count). The fourth-order valence-electron chi connectivity index (χ4n) is 2.23. The van der Waals surface area contributed by atoms with E-state index in [0.717, 1.165) is 12.1 Å². The first-order valence-electron chi connectivity index (χ1n) is 7.15. The average molecular weight is 442 g/mol. The highest BCUT2D eigenvalue weighted by atomic mass is 35.5. The van der Waals surface area contributed by atoms with Crippen molar-refractivity contribution >= 4 is 45.2 Å². The van der Waals surface area contributed by atoms with Crippen LogP contribution in [0.25, 0.3) is 0 Å². The molecule has 0 saturated heterocycles. The molecule has 11 heteroatoms. The Balaban J connectivity index is 2.68. The molecule has 146 valence electrons. The molecule has 27 heavy (non-hydrogen) atoms. The highest BCUT2D eigenvalue weighted by molar-refractivity contribution is 7.92. The monoisotopic (exact) mass is 441 g/mol. The first-order valence-corrected chi connectivity index (χ1v) is 9.35. The van der Waals surface area contributed by atoms with Gasteiger partial charge < -0.3 is 4.74 Å². The van der Waals surface area contributed by atoms with Gasteiger partial charge >= 0.3 is 6.18 Å². The van der Waals surface area contributed by atoms with Crippen molar-refractivity contribution in [2.24, 2.45) is 0 Å². The molecule has 0 bridgehead atoms. The molecule has 0 radical (unpaired) electrons. The number of sulfonamides is 1. The Hall–Kier alpha value is -1.81. The number of methoxy groups -OCH3 is 1. The molecule has 0 aliphatic rings. The highest BCUT2D eigenvalue weighted by Crippen LogP contribution is 2.37. The van der Waals surface area contributed by atoms with Crippen LogP contribution in [-0.4, -0.2) is 28.5 Å². The molecule has 0 spiro atoms. The Labute approximate surface area is 163 Å². The molecule has 0 fully saturated rings. The molecule has 0 atom stereocenters. The molecular weight excluding hydrogens is 430 g/mol. The maximum absolute atomic E-state index is 13.1. The zero-order valence-electron chi connectivity index (χ0n) is 13.6. The lowest BCUT2D eigenvalue weighted by molar-refractivity contribution is -0.137. The minimum atomic E-state index is -4.85. The van der Waals surface area contributed by atoms with E-state index in [1.165, 1.54) is 25.3 Å². The number of ether oxygens (including phenoxy) is 1. The molecule has 0 saturated carbocycles. The van der Waals surface area contributed by atoms with Crippen LogP contribution in [0.15, 0.2) is 41.3 Å². The van der Waals surface area contributed by atoms with Crippen molar-refractivity contribution < 1.29 is 31.1 Å². The number of hydrogen-bond acceptors (Lipinski definition) is 4. The van der Waals surface area contributed by atoms with Crippen molar-refractivity contribution in [3.8, 4) is 0 Å². The van der Waals surface area contributed by atoms with E-state index in [9.17, 15) is 26.4 Å². The lowest BCUT2D eigenvalue weighted by atomic mass is 10.2. The summed E-state index contributed by atoms with van der Waals surface area (Å²) in [4.78, 5) is 10.6. The van der Waals surface area contributed by atoms with E-state index in [1.54, 1.807) is 0 Å². The second-order valence-electron chi connectivity index (χ2n) is 5.23. The summed E-state index contributed by atoms with van der Waals surface area (Å²) in [7, 11) is -3.34. The van der Waals surface area contributed by atoms with Gasteiger partial charge in [-0.05, 0) is 36.4 Å². The summed E-state index contributed by atoms with van der Waals surface area (Å²) in [5.74, 6) is 0. The van der Waals surface area contributed by atoms with Gasteiger partial charge in [0.25, 0.3) is 10.0 Å². The summed E-state index contributed by atoms with van der Waals surface area (Å²) in [5, 5.41) is -0.518. The predicted octanol–water partition coefficient (Wildman–Crippen LogP) is 4.62. The quantitative estimate of drug-likeness (QED) is 0.484. The lowest BCUT2D eigenvalue weighted by Gasteiger charge is -2.25. The summed E-state index contributed by atoms with van der Waals surface area (Å²) in [6.45, 7) is -0.562. The van der Waals surface area contributed by atoms with Crippen LogP contribution >= 0.6 is 23.2 Å². The number of anilines is 1. The topological polar surface area (TPSA) is 63.7 Å². The van der Waals surface area contributed by atoms with Gasteiger partial charge in [-0.25, -0.2) is 12.7 Å². The third kappa shape index (κ3) is 4.55. The maximum Gasteiger partial charge on any atom is 0.417 e. The first-order chi connectivity index (χ1) is 12.5. The minimum Gasteiger partial charge on any atom is -0.363 e. The van der Waals surface area contributed by atoms with Crippen LogP contribution in [0.4, 0.5) is 18.9 Å². The van der Waals surface area contributed by atoms with E-state index in [2.05, 4.69) is 0 Å². The second-order valence-corrected chi connectivity index (χ2v) is 7.94. The van der Waals surface area contributed by atoms with Crippen molar-refractivity contribution in [1.29, 1.82) is 0 Å². The Kier molecular flexibility index (Phi) is 6.41. The molecular formula is C16H12Cl2F3NO4S. The Morgan fingerprint density at radius 3 is 2.37 bits per heavy atom. The van der Waals surface area contributed by atoms with Gasteiger partial charge in [0.2, 0.25) is 0 Å². The van der Waals surface area contributed by atoms with Crippen molar-refractivity contribution in [2.45, 2.75) is 11.1 Å². The van der Waals surface area contributed by atoms with E-state index in [-0.39, 0.29) is 16.3 Å². The second kappa shape index (κ2) is 8.05. The van der Waals surface area contributed by atoms with E-state index < -0.39 is 38.4 Å². The van der Waals surface area contributed by atoms with Crippen LogP contribution in [-0.2, 0) is 20.9 Å². The normalized spacial score (nSPS) is 12.1. The maximum atomic E-state index is 13.1. The van der Waals surface area contributed by atoms with Crippen molar-refractivity contribution in [1.82, 2.24) is 0 Å². The van der Waals surface area contributed by atoms with E-state index in [4.69, 9.17) is 27.9 Å². The molecule has 2 aromatic carbocycles. The summed E-state index contributed by atoms with van der Waals surface area (Å²) in [5.41, 5.74) is -1.47. The number of carbonyl (C=O) groups excluding carboxylic acids is 1. The third-order valence-electron chi connectivity index (χ3n) is 3.47. The zero-order chi connectivity index (χ0) is 20.4. The van der Waals surface area contributed by atoms with Gasteiger partial charge in [-0.15, -0.1) is 0 Å². The van der Waals surface area contributed by atoms with Gasteiger partial charge in [-0.1, -0.05) is 23.2 Å². The minimum absolute atomic E-state index is 0.0370. The molecule has 0 amide bonds. The van der Waals surface area contributed by atoms with Crippen LogP contribution in [0.3, 0.4) is 0 Å². The van der Waals surface area contributed by atoms with Crippen LogP contribution in [0.1, 0.15) is 15.9 Å². The van der Waals surface area contributed by atoms with Crippen molar-refractivity contribution in [3.05, 3.63) is 57.6 Å². The zero-order valence-corrected chi connectivity index (χ0v) is 16.0. The van der Waals surface area contributed by atoms with Crippen LogP contribution < -0.4 is 4.31 Å². The number of hydrogen-bond donors (Lipinski definition) is 0. The molecule has 0 aromatic heterocycles. The summed E-state index contributed by atoms with van der Waals surface area (Å²) >= 11 is 11.4. The third-order valence-corrected chi connectivity index (χ3v) is 5.76. The standard InChI is InChI=1S/C16H12Cl2F3NO4S/c1-26-9-22(15-6-11(17)3-2-10(15)8-23)27(24,25)12-4-5-14(18)13(7-12)16(19,20)21/h2-8H,9H2,1H3. The van der Waals surface area contributed by atoms with Crippen LogP contribution in [0.2, 0.25) is 10.0 Å². The largest absolute Gasteiger partial charge is 0.417 e. The molecule has 0 aliphatic heterocycles. The van der Waals surface area contributed by atoms with Crippen LogP contribution in [0, 0.1) is 0 Å².